The molecule has 0 radical (unpaired) electrons. The summed E-state index contributed by atoms with van der Waals surface area (Å²) in [5.74, 6) is -0.791. The van der Waals surface area contributed by atoms with E-state index >= 15 is 0 Å². The van der Waals surface area contributed by atoms with Crippen molar-refractivity contribution in [3.8, 4) is 11.1 Å². The third-order valence-corrected chi connectivity index (χ3v) is 4.03. The van der Waals surface area contributed by atoms with Crippen LogP contribution in [0.25, 0.3) is 11.1 Å². The van der Waals surface area contributed by atoms with Gasteiger partial charge >= 0.3 is 0 Å². The first kappa shape index (κ1) is 16.2. The van der Waals surface area contributed by atoms with Gasteiger partial charge in [0.25, 0.3) is 5.91 Å². The summed E-state index contributed by atoms with van der Waals surface area (Å²) in [6, 6.07) is 18.8. The van der Waals surface area contributed by atoms with Crippen LogP contribution in [0.3, 0.4) is 0 Å². The number of halogens is 2. The summed E-state index contributed by atoms with van der Waals surface area (Å²) >= 11 is 5.85. The second-order valence-electron chi connectivity index (χ2n) is 5.47. The molecule has 1 N–H and O–H groups in total. The maximum absolute atomic E-state index is 14.4. The fourth-order valence-corrected chi connectivity index (χ4v) is 2.55. The zero-order valence-corrected chi connectivity index (χ0v) is 13.8. The molecular weight excluding hydrogens is 325 g/mol. The minimum absolute atomic E-state index is 0.272. The highest BCUT2D eigenvalue weighted by Gasteiger charge is 2.12. The SMILES string of the molecule is Cc1ccccc1NC(=O)c1ccc(-c2ccc(Cl)cc2)c(F)c1. The molecule has 3 aromatic rings. The number of hydrogen-bond acceptors (Lipinski definition) is 1. The van der Waals surface area contributed by atoms with Crippen LogP contribution in [-0.4, -0.2) is 5.91 Å². The Morgan fingerprint density at radius 1 is 1.00 bits per heavy atom. The summed E-state index contributed by atoms with van der Waals surface area (Å²) in [4.78, 5) is 12.3. The van der Waals surface area contributed by atoms with E-state index < -0.39 is 5.82 Å². The standard InChI is InChI=1S/C20H15ClFNO/c1-13-4-2-3-5-19(13)23-20(24)15-8-11-17(18(22)12-15)14-6-9-16(21)10-7-14/h2-12H,1H3,(H,23,24). The Morgan fingerprint density at radius 3 is 2.38 bits per heavy atom. The van der Waals surface area contributed by atoms with Gasteiger partial charge in [-0.25, -0.2) is 4.39 Å². The molecule has 0 fully saturated rings. The fourth-order valence-electron chi connectivity index (χ4n) is 2.43. The van der Waals surface area contributed by atoms with Crippen molar-refractivity contribution in [3.05, 3.63) is 88.7 Å². The molecule has 120 valence electrons. The highest BCUT2D eigenvalue weighted by Crippen LogP contribution is 2.25. The topological polar surface area (TPSA) is 29.1 Å². The molecule has 2 nitrogen and oxygen atoms in total. The van der Waals surface area contributed by atoms with Crippen LogP contribution < -0.4 is 5.32 Å². The van der Waals surface area contributed by atoms with Crippen LogP contribution in [0.1, 0.15) is 15.9 Å². The van der Waals surface area contributed by atoms with Crippen LogP contribution in [0.4, 0.5) is 10.1 Å². The van der Waals surface area contributed by atoms with Crippen molar-refractivity contribution in [2.75, 3.05) is 5.32 Å². The summed E-state index contributed by atoms with van der Waals surface area (Å²) < 4.78 is 14.4. The van der Waals surface area contributed by atoms with Gasteiger partial charge < -0.3 is 5.32 Å². The molecular formula is C20H15ClFNO. The second-order valence-corrected chi connectivity index (χ2v) is 5.91. The van der Waals surface area contributed by atoms with Gasteiger partial charge in [-0.15, -0.1) is 0 Å². The molecule has 0 aliphatic rings. The number of rotatable bonds is 3. The second kappa shape index (κ2) is 6.85. The number of benzene rings is 3. The highest BCUT2D eigenvalue weighted by molar-refractivity contribution is 6.30. The first-order valence-corrected chi connectivity index (χ1v) is 7.85. The normalized spacial score (nSPS) is 10.5. The number of nitrogens with one attached hydrogen (secondary N) is 1. The average molecular weight is 340 g/mol. The number of hydrogen-bond donors (Lipinski definition) is 1. The van der Waals surface area contributed by atoms with E-state index in [1.165, 1.54) is 6.07 Å². The van der Waals surface area contributed by atoms with Crippen molar-refractivity contribution < 1.29 is 9.18 Å². The lowest BCUT2D eigenvalue weighted by Gasteiger charge is -2.09. The number of carbonyl (C=O) groups is 1. The van der Waals surface area contributed by atoms with E-state index in [0.717, 1.165) is 5.56 Å². The summed E-state index contributed by atoms with van der Waals surface area (Å²) in [5, 5.41) is 3.39. The summed E-state index contributed by atoms with van der Waals surface area (Å²) in [6.07, 6.45) is 0. The largest absolute Gasteiger partial charge is 0.322 e. The Labute approximate surface area is 144 Å². The Hall–Kier alpha value is -2.65. The van der Waals surface area contributed by atoms with E-state index in [2.05, 4.69) is 5.32 Å². The lowest BCUT2D eigenvalue weighted by Crippen LogP contribution is -2.13. The minimum atomic E-state index is -0.449. The van der Waals surface area contributed by atoms with E-state index in [1.54, 1.807) is 36.4 Å². The van der Waals surface area contributed by atoms with E-state index in [1.807, 2.05) is 31.2 Å². The Morgan fingerprint density at radius 2 is 1.71 bits per heavy atom. The molecule has 0 aliphatic carbocycles. The monoisotopic (exact) mass is 339 g/mol. The molecule has 0 spiro atoms. The van der Waals surface area contributed by atoms with Crippen LogP contribution in [0.2, 0.25) is 5.02 Å². The maximum atomic E-state index is 14.4. The molecule has 0 unspecified atom stereocenters. The molecule has 24 heavy (non-hydrogen) atoms. The first-order valence-electron chi connectivity index (χ1n) is 7.47. The molecule has 0 aromatic heterocycles. The Kier molecular flexibility index (Phi) is 4.63. The summed E-state index contributed by atoms with van der Waals surface area (Å²) in [6.45, 7) is 1.90. The average Bonchev–Trinajstić information content (AvgIpc) is 2.58. The molecule has 0 heterocycles. The summed E-state index contributed by atoms with van der Waals surface area (Å²) in [7, 11) is 0. The Balaban J connectivity index is 1.85. The predicted molar refractivity (Wildman–Crippen MR) is 96.0 cm³/mol. The fraction of sp³-hybridized carbons (Fsp3) is 0.0500. The van der Waals surface area contributed by atoms with Crippen molar-refractivity contribution in [2.24, 2.45) is 0 Å². The molecule has 3 rings (SSSR count). The third-order valence-electron chi connectivity index (χ3n) is 3.78. The van der Waals surface area contributed by atoms with Crippen LogP contribution >= 0.6 is 11.6 Å². The zero-order chi connectivity index (χ0) is 17.1. The highest BCUT2D eigenvalue weighted by atomic mass is 35.5. The Bertz CT molecular complexity index is 890. The number of carbonyl (C=O) groups excluding carboxylic acids is 1. The molecule has 0 bridgehead atoms. The molecule has 1 amide bonds. The van der Waals surface area contributed by atoms with Crippen LogP contribution in [0, 0.1) is 12.7 Å². The van der Waals surface area contributed by atoms with Crippen molar-refractivity contribution in [3.63, 3.8) is 0 Å². The number of anilines is 1. The van der Waals surface area contributed by atoms with E-state index in [4.69, 9.17) is 11.6 Å². The third kappa shape index (κ3) is 3.47. The van der Waals surface area contributed by atoms with Crippen molar-refractivity contribution in [2.45, 2.75) is 6.92 Å². The first-order chi connectivity index (χ1) is 11.5. The molecule has 0 saturated carbocycles. The number of aryl methyl sites for hydroxylation is 1. The lowest BCUT2D eigenvalue weighted by atomic mass is 10.0. The lowest BCUT2D eigenvalue weighted by molar-refractivity contribution is 0.102. The molecule has 3 aromatic carbocycles. The smallest absolute Gasteiger partial charge is 0.255 e. The molecule has 0 saturated heterocycles. The van der Waals surface area contributed by atoms with Gasteiger partial charge in [0, 0.05) is 21.8 Å². The van der Waals surface area contributed by atoms with Gasteiger partial charge in [-0.1, -0.05) is 48.0 Å². The molecule has 0 aliphatic heterocycles. The number of amides is 1. The van der Waals surface area contributed by atoms with E-state index in [0.29, 0.717) is 21.8 Å². The van der Waals surface area contributed by atoms with E-state index in [-0.39, 0.29) is 11.5 Å². The summed E-state index contributed by atoms with van der Waals surface area (Å²) in [5.41, 5.74) is 3.07. The quantitative estimate of drug-likeness (QED) is 0.651. The van der Waals surface area contributed by atoms with Crippen LogP contribution in [-0.2, 0) is 0 Å². The predicted octanol–water partition coefficient (Wildman–Crippen LogP) is 5.71. The molecule has 4 heteroatoms. The van der Waals surface area contributed by atoms with Gasteiger partial charge in [-0.2, -0.15) is 0 Å². The van der Waals surface area contributed by atoms with Crippen molar-refractivity contribution in [1.82, 2.24) is 0 Å². The van der Waals surface area contributed by atoms with Gasteiger partial charge in [0.2, 0.25) is 0 Å². The van der Waals surface area contributed by atoms with Crippen LogP contribution in [0.5, 0.6) is 0 Å². The minimum Gasteiger partial charge on any atom is -0.322 e. The molecule has 0 atom stereocenters. The zero-order valence-electron chi connectivity index (χ0n) is 13.0. The van der Waals surface area contributed by atoms with Crippen molar-refractivity contribution in [1.29, 1.82) is 0 Å². The van der Waals surface area contributed by atoms with Gasteiger partial charge in [0.15, 0.2) is 0 Å². The van der Waals surface area contributed by atoms with Gasteiger partial charge in [-0.3, -0.25) is 4.79 Å². The van der Waals surface area contributed by atoms with Crippen LogP contribution in [0.15, 0.2) is 66.7 Å². The maximum Gasteiger partial charge on any atom is 0.255 e. The van der Waals surface area contributed by atoms with Crippen molar-refractivity contribution >= 4 is 23.2 Å². The van der Waals surface area contributed by atoms with Gasteiger partial charge in [0.05, 0.1) is 0 Å². The number of para-hydroxylation sites is 1. The van der Waals surface area contributed by atoms with Gasteiger partial charge in [-0.05, 0) is 48.4 Å². The van der Waals surface area contributed by atoms with Gasteiger partial charge in [0.1, 0.15) is 5.82 Å². The van der Waals surface area contributed by atoms with E-state index in [9.17, 15) is 9.18 Å².